The van der Waals surface area contributed by atoms with Gasteiger partial charge in [0, 0.05) is 44.2 Å². The van der Waals surface area contributed by atoms with E-state index in [1.54, 1.807) is 37.3 Å². The van der Waals surface area contributed by atoms with E-state index < -0.39 is 0 Å². The summed E-state index contributed by atoms with van der Waals surface area (Å²) in [6, 6.07) is 7.00. The van der Waals surface area contributed by atoms with Crippen LogP contribution in [-0.4, -0.2) is 56.0 Å². The first-order valence-corrected chi connectivity index (χ1v) is 9.04. The Morgan fingerprint density at radius 2 is 2.14 bits per heavy atom. The molecular weight excluding hydrogens is 360 g/mol. The minimum Gasteiger partial charge on any atom is -0.493 e. The van der Waals surface area contributed by atoms with Crippen molar-refractivity contribution < 1.29 is 23.5 Å². The van der Waals surface area contributed by atoms with Gasteiger partial charge in [0.2, 0.25) is 0 Å². The second-order valence-electron chi connectivity index (χ2n) is 6.74. The van der Waals surface area contributed by atoms with Crippen molar-refractivity contribution in [2.45, 2.75) is 19.4 Å². The molecule has 0 aliphatic carbocycles. The minimum atomic E-state index is -0.0912. The average Bonchev–Trinajstić information content (AvgIpc) is 3.31. The molecule has 0 bridgehead atoms. The molecule has 0 N–H and O–H groups in total. The van der Waals surface area contributed by atoms with E-state index in [4.69, 9.17) is 25.2 Å². The first-order chi connectivity index (χ1) is 13.5. The number of terminal acetylenes is 1. The number of aromatic nitrogens is 1. The summed E-state index contributed by atoms with van der Waals surface area (Å²) in [4.78, 5) is 14.8. The zero-order valence-corrected chi connectivity index (χ0v) is 16.3. The van der Waals surface area contributed by atoms with Gasteiger partial charge in [0.1, 0.15) is 12.4 Å². The standard InChI is InChI=1S/C21H24N2O5/c1-5-8-27-19-11-15(6-7-18(19)25-3)21(24)23-12-16(20(13-23)26-4)10-17-9-14(2)22-28-17/h1,6-7,9,11,16,20H,8,10,12-13H2,2-4H3/t16-,20+/m1/s1. The fourth-order valence-corrected chi connectivity index (χ4v) is 3.47. The number of hydrogen-bond acceptors (Lipinski definition) is 6. The summed E-state index contributed by atoms with van der Waals surface area (Å²) in [5.41, 5.74) is 1.35. The van der Waals surface area contributed by atoms with E-state index in [2.05, 4.69) is 11.1 Å². The number of aryl methyl sites for hydroxylation is 1. The van der Waals surface area contributed by atoms with Crippen molar-refractivity contribution in [2.24, 2.45) is 5.92 Å². The molecule has 1 fully saturated rings. The number of benzene rings is 1. The van der Waals surface area contributed by atoms with Crippen LogP contribution in [0.5, 0.6) is 11.5 Å². The van der Waals surface area contributed by atoms with Crippen molar-refractivity contribution in [3.05, 3.63) is 41.3 Å². The Balaban J connectivity index is 1.74. The summed E-state index contributed by atoms with van der Waals surface area (Å²) in [6.07, 6.45) is 5.86. The molecule has 7 nitrogen and oxygen atoms in total. The van der Waals surface area contributed by atoms with Gasteiger partial charge in [-0.25, -0.2) is 0 Å². The van der Waals surface area contributed by atoms with Crippen LogP contribution in [0, 0.1) is 25.2 Å². The van der Waals surface area contributed by atoms with Gasteiger partial charge in [-0.05, 0) is 25.1 Å². The molecule has 1 saturated heterocycles. The summed E-state index contributed by atoms with van der Waals surface area (Å²) in [5, 5.41) is 3.93. The molecule has 1 aromatic carbocycles. The van der Waals surface area contributed by atoms with Gasteiger partial charge in [0.05, 0.1) is 18.9 Å². The lowest BCUT2D eigenvalue weighted by molar-refractivity contribution is 0.0672. The summed E-state index contributed by atoms with van der Waals surface area (Å²) in [7, 11) is 3.20. The fraction of sp³-hybridized carbons (Fsp3) is 0.429. The molecule has 2 atom stereocenters. The van der Waals surface area contributed by atoms with Crippen LogP contribution in [0.3, 0.4) is 0 Å². The van der Waals surface area contributed by atoms with Crippen molar-refractivity contribution >= 4 is 5.91 Å². The largest absolute Gasteiger partial charge is 0.493 e. The highest BCUT2D eigenvalue weighted by Gasteiger charge is 2.36. The molecule has 1 aliphatic heterocycles. The lowest BCUT2D eigenvalue weighted by Gasteiger charge is -2.17. The summed E-state index contributed by atoms with van der Waals surface area (Å²) < 4.78 is 21.7. The zero-order valence-electron chi connectivity index (χ0n) is 16.3. The Labute approximate surface area is 164 Å². The number of ether oxygens (including phenoxy) is 3. The lowest BCUT2D eigenvalue weighted by atomic mass is 10.0. The van der Waals surface area contributed by atoms with Gasteiger partial charge in [-0.2, -0.15) is 0 Å². The van der Waals surface area contributed by atoms with Gasteiger partial charge < -0.3 is 23.6 Å². The first kappa shape index (κ1) is 19.8. The molecule has 1 aromatic heterocycles. The Hall–Kier alpha value is -2.98. The molecule has 0 saturated carbocycles. The van der Waals surface area contributed by atoms with E-state index in [9.17, 15) is 4.79 Å². The third-order valence-corrected chi connectivity index (χ3v) is 4.83. The van der Waals surface area contributed by atoms with E-state index in [1.165, 1.54) is 0 Å². The highest BCUT2D eigenvalue weighted by molar-refractivity contribution is 5.95. The number of rotatable bonds is 7. The molecule has 28 heavy (non-hydrogen) atoms. The van der Waals surface area contributed by atoms with E-state index in [0.717, 1.165) is 11.5 Å². The van der Waals surface area contributed by atoms with Crippen LogP contribution in [0.1, 0.15) is 21.8 Å². The van der Waals surface area contributed by atoms with E-state index in [0.29, 0.717) is 36.6 Å². The predicted molar refractivity (Wildman–Crippen MR) is 102 cm³/mol. The normalized spacial score (nSPS) is 18.7. The van der Waals surface area contributed by atoms with Crippen molar-refractivity contribution in [3.63, 3.8) is 0 Å². The smallest absolute Gasteiger partial charge is 0.254 e. The van der Waals surface area contributed by atoms with Gasteiger partial charge in [-0.15, -0.1) is 6.42 Å². The fourth-order valence-electron chi connectivity index (χ4n) is 3.47. The molecule has 0 unspecified atom stereocenters. The summed E-state index contributed by atoms with van der Waals surface area (Å²) >= 11 is 0. The molecule has 2 heterocycles. The lowest BCUT2D eigenvalue weighted by Crippen LogP contribution is -2.30. The highest BCUT2D eigenvalue weighted by atomic mass is 16.5. The van der Waals surface area contributed by atoms with Gasteiger partial charge in [-0.3, -0.25) is 4.79 Å². The molecule has 3 rings (SSSR count). The summed E-state index contributed by atoms with van der Waals surface area (Å²) in [6.45, 7) is 3.07. The Bertz CT molecular complexity index is 870. The van der Waals surface area contributed by atoms with Crippen molar-refractivity contribution in [3.8, 4) is 23.8 Å². The monoisotopic (exact) mass is 384 g/mol. The number of amides is 1. The third-order valence-electron chi connectivity index (χ3n) is 4.83. The zero-order chi connectivity index (χ0) is 20.1. The molecule has 0 radical (unpaired) electrons. The van der Waals surface area contributed by atoms with Crippen LogP contribution < -0.4 is 9.47 Å². The van der Waals surface area contributed by atoms with Crippen molar-refractivity contribution in [1.82, 2.24) is 10.1 Å². The number of likely N-dealkylation sites (tertiary alicyclic amines) is 1. The number of carbonyl (C=O) groups is 1. The molecule has 148 valence electrons. The number of methoxy groups -OCH3 is 2. The topological polar surface area (TPSA) is 74.0 Å². The molecule has 1 amide bonds. The Kier molecular flexibility index (Phi) is 6.22. The van der Waals surface area contributed by atoms with Crippen LogP contribution in [0.2, 0.25) is 0 Å². The van der Waals surface area contributed by atoms with Crippen LogP contribution >= 0.6 is 0 Å². The third kappa shape index (κ3) is 4.29. The van der Waals surface area contributed by atoms with Gasteiger partial charge in [0.15, 0.2) is 11.5 Å². The molecule has 1 aliphatic rings. The maximum Gasteiger partial charge on any atom is 0.254 e. The quantitative estimate of drug-likeness (QED) is 0.682. The predicted octanol–water partition coefficient (Wildman–Crippen LogP) is 2.33. The molecule has 2 aromatic rings. The Morgan fingerprint density at radius 3 is 2.79 bits per heavy atom. The van der Waals surface area contributed by atoms with Crippen LogP contribution in [0.15, 0.2) is 28.8 Å². The van der Waals surface area contributed by atoms with Crippen molar-refractivity contribution in [2.75, 3.05) is 33.9 Å². The minimum absolute atomic E-state index is 0.0650. The maximum atomic E-state index is 13.0. The highest BCUT2D eigenvalue weighted by Crippen LogP contribution is 2.30. The first-order valence-electron chi connectivity index (χ1n) is 9.04. The second kappa shape index (κ2) is 8.81. The molecular formula is C21H24N2O5. The SMILES string of the molecule is C#CCOc1cc(C(=O)N2C[C@@H](Cc3cc(C)no3)[C@@H](OC)C2)ccc1OC. The maximum absolute atomic E-state index is 13.0. The Morgan fingerprint density at radius 1 is 1.32 bits per heavy atom. The molecule has 0 spiro atoms. The van der Waals surface area contributed by atoms with Gasteiger partial charge >= 0.3 is 0 Å². The van der Waals surface area contributed by atoms with Crippen molar-refractivity contribution in [1.29, 1.82) is 0 Å². The van der Waals surface area contributed by atoms with Gasteiger partial charge in [0.25, 0.3) is 5.91 Å². The summed E-state index contributed by atoms with van der Waals surface area (Å²) in [5.74, 6) is 4.23. The number of nitrogens with zero attached hydrogens (tertiary/aromatic N) is 2. The van der Waals surface area contributed by atoms with Crippen LogP contribution in [0.25, 0.3) is 0 Å². The van der Waals surface area contributed by atoms with Crippen LogP contribution in [-0.2, 0) is 11.2 Å². The molecule has 7 heteroatoms. The van der Waals surface area contributed by atoms with E-state index in [1.807, 2.05) is 13.0 Å². The second-order valence-corrected chi connectivity index (χ2v) is 6.74. The number of hydrogen-bond donors (Lipinski definition) is 0. The van der Waals surface area contributed by atoms with Crippen LogP contribution in [0.4, 0.5) is 0 Å². The van der Waals surface area contributed by atoms with E-state index in [-0.39, 0.29) is 24.5 Å². The number of carbonyl (C=O) groups excluding carboxylic acids is 1. The van der Waals surface area contributed by atoms with E-state index >= 15 is 0 Å². The van der Waals surface area contributed by atoms with Gasteiger partial charge in [-0.1, -0.05) is 11.1 Å². The average molecular weight is 384 g/mol.